The lowest BCUT2D eigenvalue weighted by Crippen LogP contribution is -2.33. The largest absolute Gasteiger partial charge is 0.326 e. The number of amidine groups is 1. The van der Waals surface area contributed by atoms with Gasteiger partial charge in [-0.05, 0) is 38.1 Å². The van der Waals surface area contributed by atoms with Crippen molar-refractivity contribution in [1.29, 1.82) is 0 Å². The van der Waals surface area contributed by atoms with Crippen LogP contribution in [0.25, 0.3) is 0 Å². The van der Waals surface area contributed by atoms with Crippen LogP contribution in [0.2, 0.25) is 0 Å². The van der Waals surface area contributed by atoms with Gasteiger partial charge in [-0.15, -0.1) is 0 Å². The highest BCUT2D eigenvalue weighted by Gasteiger charge is 2.37. The highest BCUT2D eigenvalue weighted by atomic mass is 32.2. The van der Waals surface area contributed by atoms with Crippen molar-refractivity contribution in [3.05, 3.63) is 30.1 Å². The minimum atomic E-state index is -0.453. The molecule has 22 heavy (non-hydrogen) atoms. The first-order valence-electron chi connectivity index (χ1n) is 7.13. The van der Waals surface area contributed by atoms with Crippen molar-refractivity contribution in [3.63, 3.8) is 0 Å². The fourth-order valence-electron chi connectivity index (χ4n) is 2.10. The minimum Gasteiger partial charge on any atom is -0.326 e. The van der Waals surface area contributed by atoms with Crippen LogP contribution in [0, 0.1) is 5.82 Å². The third kappa shape index (κ3) is 3.85. The second-order valence-corrected chi connectivity index (χ2v) is 5.87. The van der Waals surface area contributed by atoms with Crippen LogP contribution in [0.15, 0.2) is 29.3 Å². The molecule has 5 nitrogen and oxygen atoms in total. The summed E-state index contributed by atoms with van der Waals surface area (Å²) >= 11 is 1.32. The second kappa shape index (κ2) is 7.40. The lowest BCUT2D eigenvalue weighted by Gasteiger charge is -2.13. The number of halogens is 1. The lowest BCUT2D eigenvalue weighted by atomic mass is 10.2. The van der Waals surface area contributed by atoms with Gasteiger partial charge in [0.1, 0.15) is 11.1 Å². The van der Waals surface area contributed by atoms with Gasteiger partial charge in [-0.25, -0.2) is 4.39 Å². The molecule has 0 aliphatic carbocycles. The van der Waals surface area contributed by atoms with Crippen molar-refractivity contribution in [2.24, 2.45) is 4.99 Å². The van der Waals surface area contributed by atoms with Gasteiger partial charge in [0.05, 0.1) is 0 Å². The Kier molecular flexibility index (Phi) is 5.54. The van der Waals surface area contributed by atoms with Crippen LogP contribution >= 0.6 is 11.8 Å². The first-order valence-corrected chi connectivity index (χ1v) is 8.01. The number of nitrogens with zero attached hydrogens (tertiary/aromatic N) is 2. The Morgan fingerprint density at radius 3 is 2.64 bits per heavy atom. The molecule has 0 saturated carbocycles. The first kappa shape index (κ1) is 16.5. The summed E-state index contributed by atoms with van der Waals surface area (Å²) in [6, 6.07) is 5.52. The molecule has 1 saturated heterocycles. The second-order valence-electron chi connectivity index (χ2n) is 4.71. The topological polar surface area (TPSA) is 61.8 Å². The maximum atomic E-state index is 12.8. The van der Waals surface area contributed by atoms with E-state index < -0.39 is 5.25 Å². The number of aliphatic imine (C=N–C) groups is 1. The Morgan fingerprint density at radius 2 is 2.05 bits per heavy atom. The van der Waals surface area contributed by atoms with E-state index in [4.69, 9.17) is 0 Å². The molecule has 7 heteroatoms. The zero-order chi connectivity index (χ0) is 16.1. The molecule has 1 heterocycles. The van der Waals surface area contributed by atoms with Crippen LogP contribution in [-0.4, -0.2) is 40.2 Å². The average Bonchev–Trinajstić information content (AvgIpc) is 2.77. The van der Waals surface area contributed by atoms with Gasteiger partial charge in [0.2, 0.25) is 11.8 Å². The SMILES string of the molecule is CCN=C1S[C@@H](CC(=O)Nc2ccc(F)cc2)C(=O)N1CC. The molecule has 0 bridgehead atoms. The van der Waals surface area contributed by atoms with Gasteiger partial charge in [-0.3, -0.25) is 19.5 Å². The average molecular weight is 323 g/mol. The van der Waals surface area contributed by atoms with E-state index in [9.17, 15) is 14.0 Å². The van der Waals surface area contributed by atoms with Gasteiger partial charge in [-0.2, -0.15) is 0 Å². The van der Waals surface area contributed by atoms with E-state index in [1.165, 1.54) is 36.0 Å². The molecule has 0 spiro atoms. The third-order valence-electron chi connectivity index (χ3n) is 3.13. The Bertz CT molecular complexity index is 589. The molecule has 2 amide bonds. The fourth-order valence-corrected chi connectivity index (χ4v) is 3.37. The molecule has 2 rings (SSSR count). The molecular weight excluding hydrogens is 305 g/mol. The van der Waals surface area contributed by atoms with Crippen LogP contribution in [0.5, 0.6) is 0 Å². The minimum absolute atomic E-state index is 0.0696. The van der Waals surface area contributed by atoms with Gasteiger partial charge >= 0.3 is 0 Å². The van der Waals surface area contributed by atoms with Crippen molar-refractivity contribution in [1.82, 2.24) is 4.90 Å². The number of hydrogen-bond acceptors (Lipinski definition) is 4. The van der Waals surface area contributed by atoms with Crippen molar-refractivity contribution < 1.29 is 14.0 Å². The number of amides is 2. The number of thioether (sulfide) groups is 1. The Hall–Kier alpha value is -1.89. The van der Waals surface area contributed by atoms with Crippen LogP contribution in [-0.2, 0) is 9.59 Å². The molecule has 118 valence electrons. The quantitative estimate of drug-likeness (QED) is 0.905. The summed E-state index contributed by atoms with van der Waals surface area (Å²) in [5, 5.41) is 2.89. The number of anilines is 1. The van der Waals surface area contributed by atoms with Gasteiger partial charge < -0.3 is 5.32 Å². The maximum Gasteiger partial charge on any atom is 0.242 e. The van der Waals surface area contributed by atoms with Crippen LogP contribution in [0.4, 0.5) is 10.1 Å². The summed E-state index contributed by atoms with van der Waals surface area (Å²) in [5.74, 6) is -0.723. The molecule has 1 aliphatic heterocycles. The summed E-state index contributed by atoms with van der Waals surface area (Å²) in [6.07, 6.45) is 0.0696. The Balaban J connectivity index is 1.98. The van der Waals surface area contributed by atoms with Gasteiger partial charge in [0.15, 0.2) is 5.17 Å². The summed E-state index contributed by atoms with van der Waals surface area (Å²) in [6.45, 7) is 4.92. The van der Waals surface area contributed by atoms with E-state index >= 15 is 0 Å². The standard InChI is InChI=1S/C15H18FN3O2S/c1-3-17-15-19(4-2)14(21)12(22-15)9-13(20)18-11-7-5-10(16)6-8-11/h5-8,12H,3-4,9H2,1-2H3,(H,18,20)/t12-/m0/s1. The number of carbonyl (C=O) groups excluding carboxylic acids is 2. The van der Waals surface area contributed by atoms with Gasteiger partial charge in [0, 0.05) is 25.2 Å². The van der Waals surface area contributed by atoms with E-state index in [-0.39, 0.29) is 24.1 Å². The molecule has 1 N–H and O–H groups in total. The molecule has 0 radical (unpaired) electrons. The van der Waals surface area contributed by atoms with Crippen LogP contribution in [0.1, 0.15) is 20.3 Å². The molecular formula is C15H18FN3O2S. The predicted octanol–water partition coefficient (Wildman–Crippen LogP) is 2.49. The zero-order valence-corrected chi connectivity index (χ0v) is 13.3. The lowest BCUT2D eigenvalue weighted by molar-refractivity contribution is -0.128. The van der Waals surface area contributed by atoms with Gasteiger partial charge in [-0.1, -0.05) is 11.8 Å². The Morgan fingerprint density at radius 1 is 1.36 bits per heavy atom. The summed E-state index contributed by atoms with van der Waals surface area (Å²) in [4.78, 5) is 30.2. The summed E-state index contributed by atoms with van der Waals surface area (Å²) < 4.78 is 12.8. The number of nitrogens with one attached hydrogen (secondary N) is 1. The first-order chi connectivity index (χ1) is 10.5. The number of rotatable bonds is 5. The van der Waals surface area contributed by atoms with Crippen molar-refractivity contribution in [2.45, 2.75) is 25.5 Å². The molecule has 1 fully saturated rings. The monoisotopic (exact) mass is 323 g/mol. The van der Waals surface area contributed by atoms with E-state index in [0.717, 1.165) is 0 Å². The van der Waals surface area contributed by atoms with E-state index in [2.05, 4.69) is 10.3 Å². The molecule has 0 aromatic heterocycles. The molecule has 1 atom stereocenters. The van der Waals surface area contributed by atoms with Crippen LogP contribution < -0.4 is 5.32 Å². The van der Waals surface area contributed by atoms with Crippen molar-refractivity contribution in [2.75, 3.05) is 18.4 Å². The van der Waals surface area contributed by atoms with E-state index in [1.54, 1.807) is 4.90 Å². The number of hydrogen-bond donors (Lipinski definition) is 1. The highest BCUT2D eigenvalue weighted by Crippen LogP contribution is 2.29. The molecule has 1 aromatic carbocycles. The predicted molar refractivity (Wildman–Crippen MR) is 86.4 cm³/mol. The smallest absolute Gasteiger partial charge is 0.242 e. The number of carbonyl (C=O) groups is 2. The number of benzene rings is 1. The third-order valence-corrected chi connectivity index (χ3v) is 4.34. The van der Waals surface area contributed by atoms with Crippen LogP contribution in [0.3, 0.4) is 0 Å². The maximum absolute atomic E-state index is 12.8. The molecule has 1 aliphatic rings. The fraction of sp³-hybridized carbons (Fsp3) is 0.400. The van der Waals surface area contributed by atoms with E-state index in [1.807, 2.05) is 13.8 Å². The van der Waals surface area contributed by atoms with Crippen molar-refractivity contribution >= 4 is 34.4 Å². The molecule has 1 aromatic rings. The van der Waals surface area contributed by atoms with Gasteiger partial charge in [0.25, 0.3) is 0 Å². The highest BCUT2D eigenvalue weighted by molar-refractivity contribution is 8.15. The zero-order valence-electron chi connectivity index (χ0n) is 12.5. The van der Waals surface area contributed by atoms with E-state index in [0.29, 0.717) is 23.9 Å². The summed E-state index contributed by atoms with van der Waals surface area (Å²) in [7, 11) is 0. The Labute approximate surface area is 133 Å². The normalized spacial score (nSPS) is 19.8. The van der Waals surface area contributed by atoms with Crippen molar-refractivity contribution in [3.8, 4) is 0 Å². The molecule has 0 unspecified atom stereocenters. The summed E-state index contributed by atoms with van der Waals surface area (Å²) in [5.41, 5.74) is 0.511.